The van der Waals surface area contributed by atoms with Crippen LogP contribution < -0.4 is 0 Å². The minimum Gasteiger partial charge on any atom is -0.465 e. The number of aromatic amines is 1. The highest BCUT2D eigenvalue weighted by Gasteiger charge is 2.30. The number of hydrogen-bond acceptors (Lipinski definition) is 7. The Labute approximate surface area is 169 Å². The highest BCUT2D eigenvalue weighted by atomic mass is 19.4. The molecule has 0 amide bonds. The number of carbonyl (C=O) groups excluding carboxylic acids is 1. The summed E-state index contributed by atoms with van der Waals surface area (Å²) >= 11 is 0. The Bertz CT molecular complexity index is 924. The molecule has 9 nitrogen and oxygen atoms in total. The van der Waals surface area contributed by atoms with Crippen molar-refractivity contribution in [3.63, 3.8) is 0 Å². The van der Waals surface area contributed by atoms with E-state index in [1.54, 1.807) is 13.3 Å². The first kappa shape index (κ1) is 23.0. The molecule has 30 heavy (non-hydrogen) atoms. The van der Waals surface area contributed by atoms with Crippen molar-refractivity contribution in [2.45, 2.75) is 19.4 Å². The quantitative estimate of drug-likeness (QED) is 0.603. The number of methoxy groups -OCH3 is 3. The highest BCUT2D eigenvalue weighted by molar-refractivity contribution is 5.90. The van der Waals surface area contributed by atoms with Crippen LogP contribution in [0.25, 0.3) is 5.82 Å². The van der Waals surface area contributed by atoms with E-state index in [0.717, 1.165) is 17.8 Å². The first-order valence-electron chi connectivity index (χ1n) is 8.46. The van der Waals surface area contributed by atoms with Crippen molar-refractivity contribution in [3.8, 4) is 5.82 Å². The second-order valence-corrected chi connectivity index (χ2v) is 5.78. The average Bonchev–Trinajstić information content (AvgIpc) is 3.38. The number of alkyl halides is 3. The lowest BCUT2D eigenvalue weighted by atomic mass is 10.2. The Morgan fingerprint density at radius 3 is 2.37 bits per heavy atom. The van der Waals surface area contributed by atoms with Crippen LogP contribution in [0.15, 0.2) is 36.8 Å². The molecule has 3 aromatic rings. The number of H-pyrrole nitrogens is 1. The van der Waals surface area contributed by atoms with Crippen molar-refractivity contribution in [1.29, 1.82) is 0 Å². The summed E-state index contributed by atoms with van der Waals surface area (Å²) in [6.07, 6.45) is -0.733. The van der Waals surface area contributed by atoms with Crippen LogP contribution in [0.2, 0.25) is 0 Å². The molecule has 0 atom stereocenters. The van der Waals surface area contributed by atoms with Crippen LogP contribution in [0.1, 0.15) is 27.3 Å². The van der Waals surface area contributed by atoms with Gasteiger partial charge in [-0.25, -0.2) is 14.5 Å². The van der Waals surface area contributed by atoms with Gasteiger partial charge in [-0.15, -0.1) is 0 Å². The molecular formula is C18H20F3N5O4. The van der Waals surface area contributed by atoms with Crippen LogP contribution in [-0.4, -0.2) is 52.3 Å². The first-order valence-corrected chi connectivity index (χ1v) is 8.46. The highest BCUT2D eigenvalue weighted by Crippen LogP contribution is 2.28. The van der Waals surface area contributed by atoms with E-state index in [1.165, 1.54) is 25.1 Å². The summed E-state index contributed by atoms with van der Waals surface area (Å²) in [4.78, 5) is 15.3. The first-order chi connectivity index (χ1) is 14.3. The van der Waals surface area contributed by atoms with Gasteiger partial charge in [0, 0.05) is 32.8 Å². The number of halogens is 3. The topological polar surface area (TPSA) is 104 Å². The van der Waals surface area contributed by atoms with Gasteiger partial charge in [0.05, 0.1) is 31.6 Å². The van der Waals surface area contributed by atoms with E-state index in [9.17, 15) is 18.0 Å². The summed E-state index contributed by atoms with van der Waals surface area (Å²) < 4.78 is 53.1. The summed E-state index contributed by atoms with van der Waals surface area (Å²) in [5.41, 5.74) is 0.600. The second kappa shape index (κ2) is 10.5. The molecule has 0 aliphatic rings. The molecule has 3 heterocycles. The number of pyridine rings is 1. The second-order valence-electron chi connectivity index (χ2n) is 5.78. The lowest BCUT2D eigenvalue weighted by Gasteiger charge is -2.06. The molecule has 0 aliphatic heterocycles. The summed E-state index contributed by atoms with van der Waals surface area (Å²) in [7, 11) is 4.30. The van der Waals surface area contributed by atoms with Crippen molar-refractivity contribution < 1.29 is 32.2 Å². The zero-order chi connectivity index (χ0) is 22.1. The smallest absolute Gasteiger partial charge is 0.417 e. The van der Waals surface area contributed by atoms with Gasteiger partial charge in [-0.05, 0) is 18.2 Å². The zero-order valence-electron chi connectivity index (χ0n) is 16.4. The molecule has 0 bridgehead atoms. The predicted octanol–water partition coefficient (Wildman–Crippen LogP) is 2.78. The maximum atomic E-state index is 12.5. The Kier molecular flexibility index (Phi) is 8.07. The molecule has 12 heteroatoms. The molecule has 0 spiro atoms. The number of nitrogens with one attached hydrogen (secondary N) is 1. The minimum atomic E-state index is -4.46. The Morgan fingerprint density at radius 2 is 1.87 bits per heavy atom. The molecule has 162 valence electrons. The molecule has 0 fully saturated rings. The zero-order valence-corrected chi connectivity index (χ0v) is 16.4. The largest absolute Gasteiger partial charge is 0.465 e. The van der Waals surface area contributed by atoms with Crippen LogP contribution in [0.5, 0.6) is 0 Å². The molecule has 0 saturated heterocycles. The molecule has 0 unspecified atom stereocenters. The Balaban J connectivity index is 0.000000335. The van der Waals surface area contributed by atoms with Crippen molar-refractivity contribution in [1.82, 2.24) is 25.0 Å². The van der Waals surface area contributed by atoms with Gasteiger partial charge in [0.25, 0.3) is 0 Å². The fraction of sp³-hybridized carbons (Fsp3) is 0.333. The van der Waals surface area contributed by atoms with Gasteiger partial charge in [0.2, 0.25) is 0 Å². The number of esters is 1. The van der Waals surface area contributed by atoms with E-state index < -0.39 is 17.7 Å². The average molecular weight is 427 g/mol. The molecule has 0 radical (unpaired) electrons. The van der Waals surface area contributed by atoms with Crippen molar-refractivity contribution in [2.24, 2.45) is 0 Å². The fourth-order valence-corrected chi connectivity index (χ4v) is 2.26. The Morgan fingerprint density at radius 1 is 1.13 bits per heavy atom. The van der Waals surface area contributed by atoms with Gasteiger partial charge in [-0.2, -0.15) is 23.4 Å². The summed E-state index contributed by atoms with van der Waals surface area (Å²) in [5.74, 6) is -0.481. The number of hydrogen-bond donors (Lipinski definition) is 1. The van der Waals surface area contributed by atoms with E-state index in [-0.39, 0.29) is 18.0 Å². The number of carbonyl (C=O) groups is 1. The third kappa shape index (κ3) is 6.12. The molecule has 0 aliphatic carbocycles. The molecule has 0 aromatic carbocycles. The Hall–Kier alpha value is -3.25. The standard InChI is InChI=1S/C13H12F3N3O3.C5H8N2O/c1-21-7-10-9(12(20)22-2)6-19(18-10)11-4-3-8(5-17-11)13(14,15)16;1-8-4-5-2-3-6-7-5/h3-6H,7H2,1-2H3;2-3H,4H2,1H3,(H,6,7). The van der Waals surface area contributed by atoms with Crippen LogP contribution in [-0.2, 0) is 33.6 Å². The van der Waals surface area contributed by atoms with E-state index in [1.807, 2.05) is 6.07 Å². The van der Waals surface area contributed by atoms with Gasteiger partial charge in [0.15, 0.2) is 5.82 Å². The van der Waals surface area contributed by atoms with E-state index >= 15 is 0 Å². The van der Waals surface area contributed by atoms with Crippen molar-refractivity contribution in [2.75, 3.05) is 21.3 Å². The number of ether oxygens (including phenoxy) is 3. The SMILES string of the molecule is COCc1ccn[nH]1.COCc1nn(-c2ccc(C(F)(F)F)cn2)cc1C(=O)OC. The van der Waals surface area contributed by atoms with Gasteiger partial charge in [0.1, 0.15) is 11.3 Å². The monoisotopic (exact) mass is 427 g/mol. The summed E-state index contributed by atoms with van der Waals surface area (Å²) in [6.45, 7) is 0.665. The molecule has 0 saturated carbocycles. The van der Waals surface area contributed by atoms with Crippen molar-refractivity contribution in [3.05, 3.63) is 59.3 Å². The molecule has 3 rings (SSSR count). The number of nitrogens with zero attached hydrogens (tertiary/aromatic N) is 4. The van der Waals surface area contributed by atoms with Gasteiger partial charge < -0.3 is 14.2 Å². The van der Waals surface area contributed by atoms with Gasteiger partial charge in [-0.3, -0.25) is 5.10 Å². The third-order valence-corrected chi connectivity index (χ3v) is 3.65. The van der Waals surface area contributed by atoms with Crippen molar-refractivity contribution >= 4 is 5.97 Å². The minimum absolute atomic E-state index is 0.0536. The van der Waals surface area contributed by atoms with E-state index in [4.69, 9.17) is 9.47 Å². The number of rotatable bonds is 6. The summed E-state index contributed by atoms with van der Waals surface area (Å²) in [6, 6.07) is 3.93. The normalized spacial score (nSPS) is 11.0. The molecular weight excluding hydrogens is 407 g/mol. The van der Waals surface area contributed by atoms with Crippen LogP contribution in [0.4, 0.5) is 13.2 Å². The number of aromatic nitrogens is 5. The molecule has 1 N–H and O–H groups in total. The van der Waals surface area contributed by atoms with E-state index in [0.29, 0.717) is 18.5 Å². The lowest BCUT2D eigenvalue weighted by molar-refractivity contribution is -0.137. The van der Waals surface area contributed by atoms with Gasteiger partial charge >= 0.3 is 12.1 Å². The van der Waals surface area contributed by atoms with Crippen LogP contribution in [0.3, 0.4) is 0 Å². The summed E-state index contributed by atoms with van der Waals surface area (Å²) in [5, 5.41) is 10.6. The van der Waals surface area contributed by atoms with Gasteiger partial charge in [-0.1, -0.05) is 0 Å². The van der Waals surface area contributed by atoms with Crippen LogP contribution >= 0.6 is 0 Å². The molecule has 3 aromatic heterocycles. The maximum absolute atomic E-state index is 12.5. The van der Waals surface area contributed by atoms with Crippen LogP contribution in [0, 0.1) is 0 Å². The maximum Gasteiger partial charge on any atom is 0.417 e. The predicted molar refractivity (Wildman–Crippen MR) is 97.7 cm³/mol. The fourth-order valence-electron chi connectivity index (χ4n) is 2.26. The van der Waals surface area contributed by atoms with E-state index in [2.05, 4.69) is 25.0 Å². The lowest BCUT2D eigenvalue weighted by Crippen LogP contribution is -2.07. The third-order valence-electron chi connectivity index (χ3n) is 3.65.